The van der Waals surface area contributed by atoms with Crippen LogP contribution in [0.25, 0.3) is 0 Å². The molecule has 6 heteroatoms. The number of hydrogen-bond acceptors (Lipinski definition) is 3. The number of benzene rings is 1. The summed E-state index contributed by atoms with van der Waals surface area (Å²) in [6, 6.07) is 2.04. The molecule has 80 valence electrons. The van der Waals surface area contributed by atoms with Crippen LogP contribution in [0, 0.1) is 28.8 Å². The molecule has 0 saturated carbocycles. The summed E-state index contributed by atoms with van der Waals surface area (Å²) in [6.45, 7) is 0. The predicted molar refractivity (Wildman–Crippen MR) is 42.9 cm³/mol. The maximum Gasteiger partial charge on any atom is 0.170 e. The van der Waals surface area contributed by atoms with Gasteiger partial charge in [0.05, 0.1) is 6.07 Å². The minimum absolute atomic E-state index is 0.296. The minimum Gasteiger partial charge on any atom is -0.384 e. The Bertz CT molecular complexity index is 417. The lowest BCUT2D eigenvalue weighted by Crippen LogP contribution is -2.18. The van der Waals surface area contributed by atoms with Gasteiger partial charge in [0.1, 0.15) is 11.9 Å². The second-order valence-electron chi connectivity index (χ2n) is 2.81. The average molecular weight is 217 g/mol. The van der Waals surface area contributed by atoms with Crippen LogP contribution in [-0.2, 0) is 0 Å². The Morgan fingerprint density at radius 3 is 2.33 bits per heavy atom. The third-order valence-corrected chi connectivity index (χ3v) is 1.77. The molecule has 0 heterocycles. The Hall–Kier alpha value is -1.58. The zero-order valence-corrected chi connectivity index (χ0v) is 7.28. The molecular weight excluding hydrogens is 211 g/mol. The van der Waals surface area contributed by atoms with Crippen LogP contribution in [-0.4, -0.2) is 16.3 Å². The van der Waals surface area contributed by atoms with E-state index >= 15 is 0 Å². The van der Waals surface area contributed by atoms with E-state index in [9.17, 15) is 18.3 Å². The van der Waals surface area contributed by atoms with Gasteiger partial charge in [-0.05, 0) is 6.07 Å². The van der Waals surface area contributed by atoms with E-state index in [2.05, 4.69) is 0 Å². The van der Waals surface area contributed by atoms with Gasteiger partial charge in [-0.1, -0.05) is 0 Å². The van der Waals surface area contributed by atoms with Crippen molar-refractivity contribution in [1.29, 1.82) is 5.26 Å². The first-order valence-corrected chi connectivity index (χ1v) is 3.87. The highest BCUT2D eigenvalue weighted by Gasteiger charge is 2.24. The van der Waals surface area contributed by atoms with Crippen molar-refractivity contribution in [2.45, 2.75) is 12.2 Å². The molecule has 0 spiro atoms. The van der Waals surface area contributed by atoms with Crippen LogP contribution in [0.3, 0.4) is 0 Å². The van der Waals surface area contributed by atoms with Gasteiger partial charge in [-0.2, -0.15) is 5.26 Å². The van der Waals surface area contributed by atoms with Crippen LogP contribution in [0.4, 0.5) is 13.2 Å². The fourth-order valence-corrected chi connectivity index (χ4v) is 1.03. The van der Waals surface area contributed by atoms with Gasteiger partial charge in [-0.15, -0.1) is 0 Å². The lowest BCUT2D eigenvalue weighted by molar-refractivity contribution is 0.0496. The van der Waals surface area contributed by atoms with Gasteiger partial charge in [0.2, 0.25) is 0 Å². The summed E-state index contributed by atoms with van der Waals surface area (Å²) in [4.78, 5) is 0. The van der Waals surface area contributed by atoms with Gasteiger partial charge in [-0.25, -0.2) is 13.2 Å². The van der Waals surface area contributed by atoms with E-state index in [1.165, 1.54) is 6.07 Å². The van der Waals surface area contributed by atoms with Crippen molar-refractivity contribution in [3.8, 4) is 6.07 Å². The highest BCUT2D eigenvalue weighted by molar-refractivity contribution is 5.24. The fourth-order valence-electron chi connectivity index (χ4n) is 1.03. The second kappa shape index (κ2) is 4.29. The van der Waals surface area contributed by atoms with Crippen molar-refractivity contribution in [2.75, 3.05) is 0 Å². The third-order valence-electron chi connectivity index (χ3n) is 1.77. The number of hydrogen-bond donors (Lipinski definition) is 2. The lowest BCUT2D eigenvalue weighted by atomic mass is 10.0. The van der Waals surface area contributed by atoms with Crippen LogP contribution >= 0.6 is 0 Å². The van der Waals surface area contributed by atoms with E-state index in [0.29, 0.717) is 12.1 Å². The summed E-state index contributed by atoms with van der Waals surface area (Å²) in [7, 11) is 0. The van der Waals surface area contributed by atoms with E-state index in [-0.39, 0.29) is 0 Å². The van der Waals surface area contributed by atoms with E-state index in [0.717, 1.165) is 0 Å². The molecule has 0 aliphatic rings. The van der Waals surface area contributed by atoms with Gasteiger partial charge < -0.3 is 10.2 Å². The molecule has 0 saturated heterocycles. The Labute approximate surface area is 83.0 Å². The molecule has 0 amide bonds. The minimum atomic E-state index is -1.99. The average Bonchev–Trinajstić information content (AvgIpc) is 2.21. The third kappa shape index (κ3) is 2.26. The number of rotatable bonds is 2. The molecule has 1 rings (SSSR count). The van der Waals surface area contributed by atoms with Gasteiger partial charge in [-0.3, -0.25) is 0 Å². The molecule has 15 heavy (non-hydrogen) atoms. The zero-order chi connectivity index (χ0) is 11.6. The van der Waals surface area contributed by atoms with Gasteiger partial charge >= 0.3 is 0 Å². The lowest BCUT2D eigenvalue weighted by Gasteiger charge is -2.13. The summed E-state index contributed by atoms with van der Waals surface area (Å²) in [5, 5.41) is 26.3. The first-order chi connectivity index (χ1) is 6.97. The highest BCUT2D eigenvalue weighted by atomic mass is 19.2. The molecule has 1 aromatic carbocycles. The molecule has 2 unspecified atom stereocenters. The molecule has 2 N–H and O–H groups in total. The molecule has 0 aromatic heterocycles. The fraction of sp³-hybridized carbons (Fsp3) is 0.222. The van der Waals surface area contributed by atoms with E-state index in [4.69, 9.17) is 10.4 Å². The first kappa shape index (κ1) is 11.5. The van der Waals surface area contributed by atoms with Gasteiger partial charge in [0.25, 0.3) is 0 Å². The molecule has 0 fully saturated rings. The molecule has 1 aromatic rings. The number of halogens is 3. The molecular formula is C9H6F3NO2. The Morgan fingerprint density at radius 1 is 1.20 bits per heavy atom. The number of nitrogens with zero attached hydrogens (tertiary/aromatic N) is 1. The Kier molecular flexibility index (Phi) is 3.29. The number of nitriles is 1. The topological polar surface area (TPSA) is 64.2 Å². The Morgan fingerprint density at radius 2 is 1.80 bits per heavy atom. The van der Waals surface area contributed by atoms with Gasteiger partial charge in [0, 0.05) is 11.6 Å². The maximum absolute atomic E-state index is 13.0. The molecule has 0 radical (unpaired) electrons. The molecule has 0 aliphatic heterocycles. The van der Waals surface area contributed by atoms with Crippen molar-refractivity contribution in [3.05, 3.63) is 35.1 Å². The smallest absolute Gasteiger partial charge is 0.170 e. The van der Waals surface area contributed by atoms with E-state index < -0.39 is 35.2 Å². The highest BCUT2D eigenvalue weighted by Crippen LogP contribution is 2.23. The summed E-state index contributed by atoms with van der Waals surface area (Å²) >= 11 is 0. The molecule has 0 bridgehead atoms. The second-order valence-corrected chi connectivity index (χ2v) is 2.81. The van der Waals surface area contributed by atoms with Crippen LogP contribution < -0.4 is 0 Å². The number of aliphatic hydroxyl groups is 2. The molecule has 0 aliphatic carbocycles. The van der Waals surface area contributed by atoms with Crippen molar-refractivity contribution in [1.82, 2.24) is 0 Å². The predicted octanol–water partition coefficient (Wildman–Crippen LogP) is 1.02. The maximum atomic E-state index is 13.0. The SMILES string of the molecule is N#CC(O)C(O)c1cc(F)cc(F)c1F. The van der Waals surface area contributed by atoms with E-state index in [1.54, 1.807) is 0 Å². The van der Waals surface area contributed by atoms with Crippen molar-refractivity contribution in [2.24, 2.45) is 0 Å². The summed E-state index contributed by atoms with van der Waals surface area (Å²) in [5.41, 5.74) is -0.790. The Balaban J connectivity index is 3.20. The molecule has 2 atom stereocenters. The van der Waals surface area contributed by atoms with Crippen LogP contribution in [0.1, 0.15) is 11.7 Å². The van der Waals surface area contributed by atoms with Gasteiger partial charge in [0.15, 0.2) is 17.7 Å². The first-order valence-electron chi connectivity index (χ1n) is 3.87. The molecule has 3 nitrogen and oxygen atoms in total. The summed E-state index contributed by atoms with van der Waals surface area (Å²) < 4.78 is 38.3. The standard InChI is InChI=1S/C9H6F3NO2/c10-4-1-5(8(12)6(11)2-4)9(15)7(14)3-13/h1-2,7,9,14-15H. The van der Waals surface area contributed by atoms with Crippen LogP contribution in [0.15, 0.2) is 12.1 Å². The summed E-state index contributed by atoms with van der Waals surface area (Å²) in [5.74, 6) is -4.08. The largest absolute Gasteiger partial charge is 0.384 e. The quantitative estimate of drug-likeness (QED) is 0.574. The van der Waals surface area contributed by atoms with Crippen LogP contribution in [0.5, 0.6) is 0 Å². The monoisotopic (exact) mass is 217 g/mol. The zero-order valence-electron chi connectivity index (χ0n) is 7.28. The van der Waals surface area contributed by atoms with Crippen molar-refractivity contribution >= 4 is 0 Å². The van der Waals surface area contributed by atoms with Crippen molar-refractivity contribution < 1.29 is 23.4 Å². The van der Waals surface area contributed by atoms with Crippen LogP contribution in [0.2, 0.25) is 0 Å². The normalized spacial score (nSPS) is 14.4. The van der Waals surface area contributed by atoms with Crippen molar-refractivity contribution in [3.63, 3.8) is 0 Å². The van der Waals surface area contributed by atoms with E-state index in [1.807, 2.05) is 0 Å². The number of aliphatic hydroxyl groups excluding tert-OH is 2. The summed E-state index contributed by atoms with van der Waals surface area (Å²) in [6.07, 6.45) is -3.93.